The molecule has 0 aromatic heterocycles. The number of benzene rings is 1. The third-order valence-corrected chi connectivity index (χ3v) is 4.97. The van der Waals surface area contributed by atoms with Gasteiger partial charge in [-0.05, 0) is 62.3 Å². The quantitative estimate of drug-likeness (QED) is 0.857. The van der Waals surface area contributed by atoms with Crippen LogP contribution >= 0.6 is 0 Å². The summed E-state index contributed by atoms with van der Waals surface area (Å²) < 4.78 is 19.1. The zero-order valence-electron chi connectivity index (χ0n) is 13.5. The normalized spacial score (nSPS) is 27.5. The molecule has 21 heavy (non-hydrogen) atoms. The molecule has 1 aliphatic rings. The van der Waals surface area contributed by atoms with E-state index in [0.717, 1.165) is 37.3 Å². The number of methoxy groups -OCH3 is 1. The fraction of sp³-hybridized carbons (Fsp3) is 0.667. The highest BCUT2D eigenvalue weighted by molar-refractivity contribution is 5.18. The third-order valence-electron chi connectivity index (χ3n) is 4.97. The van der Waals surface area contributed by atoms with Crippen molar-refractivity contribution >= 4 is 0 Å². The molecule has 0 heterocycles. The summed E-state index contributed by atoms with van der Waals surface area (Å²) in [7, 11) is 1.84. The van der Waals surface area contributed by atoms with Gasteiger partial charge in [-0.2, -0.15) is 0 Å². The van der Waals surface area contributed by atoms with Crippen molar-refractivity contribution in [2.24, 2.45) is 5.92 Å². The minimum atomic E-state index is -0.174. The van der Waals surface area contributed by atoms with Crippen LogP contribution in [0.2, 0.25) is 0 Å². The summed E-state index contributed by atoms with van der Waals surface area (Å²) in [4.78, 5) is 0. The van der Waals surface area contributed by atoms with E-state index in [4.69, 9.17) is 4.74 Å². The predicted molar refractivity (Wildman–Crippen MR) is 84.9 cm³/mol. The van der Waals surface area contributed by atoms with Crippen LogP contribution in [0.15, 0.2) is 24.3 Å². The highest BCUT2D eigenvalue weighted by Crippen LogP contribution is 2.37. The number of nitrogens with one attached hydrogen (secondary N) is 1. The third kappa shape index (κ3) is 4.04. The fourth-order valence-corrected chi connectivity index (χ4v) is 3.49. The lowest BCUT2D eigenvalue weighted by atomic mass is 9.73. The molecule has 1 aromatic carbocycles. The lowest BCUT2D eigenvalue weighted by Crippen LogP contribution is -2.55. The molecular weight excluding hydrogens is 265 g/mol. The second-order valence-corrected chi connectivity index (χ2v) is 6.39. The summed E-state index contributed by atoms with van der Waals surface area (Å²) in [5.74, 6) is 0.619. The largest absolute Gasteiger partial charge is 0.377 e. The second-order valence-electron chi connectivity index (χ2n) is 6.39. The second kappa shape index (κ2) is 7.37. The zero-order valence-corrected chi connectivity index (χ0v) is 13.5. The van der Waals surface area contributed by atoms with Gasteiger partial charge in [0.25, 0.3) is 0 Å². The summed E-state index contributed by atoms with van der Waals surface area (Å²) in [5, 5.41) is 3.60. The first-order valence-electron chi connectivity index (χ1n) is 8.12. The zero-order chi connectivity index (χ0) is 15.3. The van der Waals surface area contributed by atoms with E-state index in [2.05, 4.69) is 19.2 Å². The van der Waals surface area contributed by atoms with Crippen LogP contribution in [-0.4, -0.2) is 25.3 Å². The topological polar surface area (TPSA) is 21.3 Å². The van der Waals surface area contributed by atoms with Crippen LogP contribution < -0.4 is 5.32 Å². The van der Waals surface area contributed by atoms with E-state index < -0.39 is 0 Å². The summed E-state index contributed by atoms with van der Waals surface area (Å²) >= 11 is 0. The molecule has 1 aromatic rings. The van der Waals surface area contributed by atoms with Gasteiger partial charge in [0.2, 0.25) is 0 Å². The van der Waals surface area contributed by atoms with Gasteiger partial charge in [0.1, 0.15) is 5.82 Å². The Bertz CT molecular complexity index is 423. The average molecular weight is 293 g/mol. The Kier molecular flexibility index (Phi) is 5.77. The van der Waals surface area contributed by atoms with Crippen molar-refractivity contribution in [3.8, 4) is 0 Å². The van der Waals surface area contributed by atoms with Crippen molar-refractivity contribution in [2.45, 2.75) is 57.6 Å². The molecule has 1 unspecified atom stereocenters. The van der Waals surface area contributed by atoms with Crippen LogP contribution in [0.25, 0.3) is 0 Å². The van der Waals surface area contributed by atoms with Crippen LogP contribution in [0, 0.1) is 11.7 Å². The molecule has 118 valence electrons. The minimum absolute atomic E-state index is 0.0864. The lowest BCUT2D eigenvalue weighted by Gasteiger charge is -2.44. The number of hydrogen-bond donors (Lipinski definition) is 1. The maximum atomic E-state index is 13.1. The number of hydrogen-bond acceptors (Lipinski definition) is 2. The van der Waals surface area contributed by atoms with E-state index in [1.807, 2.05) is 19.2 Å². The first-order chi connectivity index (χ1) is 10.1. The van der Waals surface area contributed by atoms with Crippen molar-refractivity contribution in [3.63, 3.8) is 0 Å². The number of halogens is 1. The van der Waals surface area contributed by atoms with E-state index in [-0.39, 0.29) is 17.5 Å². The Balaban J connectivity index is 2.14. The SMILES string of the molecule is CCNC(Cc1ccc(F)cc1)C1(OC)CCC(C)CC1. The highest BCUT2D eigenvalue weighted by Gasteiger charge is 2.41. The van der Waals surface area contributed by atoms with E-state index in [1.54, 1.807) is 12.1 Å². The van der Waals surface area contributed by atoms with Gasteiger partial charge >= 0.3 is 0 Å². The Morgan fingerprint density at radius 1 is 1.29 bits per heavy atom. The molecule has 1 aliphatic carbocycles. The van der Waals surface area contributed by atoms with Crippen molar-refractivity contribution < 1.29 is 9.13 Å². The van der Waals surface area contributed by atoms with E-state index >= 15 is 0 Å². The molecule has 1 saturated carbocycles. The van der Waals surface area contributed by atoms with Crippen LogP contribution in [-0.2, 0) is 11.2 Å². The Labute approximate surface area is 128 Å². The van der Waals surface area contributed by atoms with Gasteiger partial charge in [-0.25, -0.2) is 4.39 Å². The van der Waals surface area contributed by atoms with Gasteiger partial charge in [-0.1, -0.05) is 26.0 Å². The first kappa shape index (κ1) is 16.4. The number of ether oxygens (including phenoxy) is 1. The maximum Gasteiger partial charge on any atom is 0.123 e. The molecule has 2 rings (SSSR count). The van der Waals surface area contributed by atoms with E-state index in [9.17, 15) is 4.39 Å². The van der Waals surface area contributed by atoms with Gasteiger partial charge < -0.3 is 10.1 Å². The summed E-state index contributed by atoms with van der Waals surface area (Å²) in [5.41, 5.74) is 1.08. The molecule has 1 N–H and O–H groups in total. The van der Waals surface area contributed by atoms with Crippen molar-refractivity contribution in [3.05, 3.63) is 35.6 Å². The van der Waals surface area contributed by atoms with Gasteiger partial charge in [0.05, 0.1) is 5.60 Å². The van der Waals surface area contributed by atoms with Crippen molar-refractivity contribution in [1.82, 2.24) is 5.32 Å². The van der Waals surface area contributed by atoms with Crippen LogP contribution in [0.1, 0.15) is 45.1 Å². The molecule has 0 spiro atoms. The standard InChI is InChI=1S/C18H28FNO/c1-4-20-17(13-15-5-7-16(19)8-6-15)18(21-3)11-9-14(2)10-12-18/h5-8,14,17,20H,4,9-13H2,1-3H3. The Hall–Kier alpha value is -0.930. The highest BCUT2D eigenvalue weighted by atomic mass is 19.1. The smallest absolute Gasteiger partial charge is 0.123 e. The van der Waals surface area contributed by atoms with Crippen LogP contribution in [0.5, 0.6) is 0 Å². The van der Waals surface area contributed by atoms with Crippen LogP contribution in [0.4, 0.5) is 4.39 Å². The fourth-order valence-electron chi connectivity index (χ4n) is 3.49. The summed E-state index contributed by atoms with van der Waals surface area (Å²) in [6, 6.07) is 7.13. The molecule has 0 aliphatic heterocycles. The first-order valence-corrected chi connectivity index (χ1v) is 8.12. The van der Waals surface area contributed by atoms with Gasteiger partial charge in [-0.3, -0.25) is 0 Å². The molecule has 0 amide bonds. The predicted octanol–water partition coefficient (Wildman–Crippen LogP) is 3.94. The molecule has 1 fully saturated rings. The van der Waals surface area contributed by atoms with Crippen molar-refractivity contribution in [2.75, 3.05) is 13.7 Å². The van der Waals surface area contributed by atoms with Gasteiger partial charge in [0.15, 0.2) is 0 Å². The molecule has 3 heteroatoms. The van der Waals surface area contributed by atoms with Gasteiger partial charge in [-0.15, -0.1) is 0 Å². The maximum absolute atomic E-state index is 13.1. The Morgan fingerprint density at radius 2 is 1.90 bits per heavy atom. The molecule has 0 saturated heterocycles. The molecule has 0 bridgehead atoms. The summed E-state index contributed by atoms with van der Waals surface area (Å²) in [6.45, 7) is 5.38. The monoisotopic (exact) mass is 293 g/mol. The van der Waals surface area contributed by atoms with Crippen LogP contribution in [0.3, 0.4) is 0 Å². The average Bonchev–Trinajstić information content (AvgIpc) is 2.50. The number of likely N-dealkylation sites (N-methyl/N-ethyl adjacent to an activating group) is 1. The van der Waals surface area contributed by atoms with E-state index in [1.165, 1.54) is 12.8 Å². The van der Waals surface area contributed by atoms with Crippen molar-refractivity contribution in [1.29, 1.82) is 0 Å². The number of rotatable bonds is 6. The lowest BCUT2D eigenvalue weighted by molar-refractivity contribution is -0.0742. The minimum Gasteiger partial charge on any atom is -0.377 e. The summed E-state index contributed by atoms with van der Waals surface area (Å²) in [6.07, 6.45) is 5.53. The molecule has 1 atom stereocenters. The molecule has 0 radical (unpaired) electrons. The molecule has 2 nitrogen and oxygen atoms in total. The van der Waals surface area contributed by atoms with E-state index in [0.29, 0.717) is 0 Å². The molecular formula is C18H28FNO. The van der Waals surface area contributed by atoms with Gasteiger partial charge in [0, 0.05) is 13.2 Å². The Morgan fingerprint density at radius 3 is 2.43 bits per heavy atom.